The van der Waals surface area contributed by atoms with Crippen LogP contribution in [0.1, 0.15) is 6.42 Å². The van der Waals surface area contributed by atoms with Crippen molar-refractivity contribution in [3.05, 3.63) is 10.6 Å². The third-order valence-electron chi connectivity index (χ3n) is 2.29. The minimum Gasteiger partial charge on any atom is -0.378 e. The van der Waals surface area contributed by atoms with E-state index in [1.165, 1.54) is 11.0 Å². The third kappa shape index (κ3) is 1.66. The third-order valence-corrected chi connectivity index (χ3v) is 2.95. The maximum Gasteiger partial charge on any atom is 0.0658 e. The van der Waals surface area contributed by atoms with Gasteiger partial charge in [0.25, 0.3) is 0 Å². The molecule has 1 saturated heterocycles. The summed E-state index contributed by atoms with van der Waals surface area (Å²) in [5.41, 5.74) is 0. The van der Waals surface area contributed by atoms with Crippen molar-refractivity contribution in [3.8, 4) is 0 Å². The van der Waals surface area contributed by atoms with Crippen LogP contribution in [0.3, 0.4) is 0 Å². The highest BCUT2D eigenvalue weighted by molar-refractivity contribution is 9.11. The van der Waals surface area contributed by atoms with Gasteiger partial charge in [0, 0.05) is 13.1 Å². The van der Waals surface area contributed by atoms with Crippen LogP contribution in [-0.4, -0.2) is 37.2 Å². The highest BCUT2D eigenvalue weighted by atomic mass is 79.9. The molecule has 0 aromatic heterocycles. The zero-order valence-corrected chi connectivity index (χ0v) is 8.01. The Hall–Kier alpha value is 0.140. The number of morpholine rings is 1. The number of nitrogens with zero attached hydrogens (tertiary/aromatic N) is 1. The number of fused-ring (bicyclic) bond motifs is 1. The summed E-state index contributed by atoms with van der Waals surface area (Å²) in [6.07, 6.45) is 3.43. The number of ether oxygens (including phenoxy) is 1. The number of rotatable bonds is 0. The molecule has 11 heavy (non-hydrogen) atoms. The highest BCUT2D eigenvalue weighted by Gasteiger charge is 2.23. The molecule has 0 spiro atoms. The van der Waals surface area contributed by atoms with Gasteiger partial charge in [-0.1, -0.05) is 22.0 Å². The molecule has 2 rings (SSSR count). The molecule has 0 aromatic rings. The van der Waals surface area contributed by atoms with E-state index in [-0.39, 0.29) is 0 Å². The molecule has 0 unspecified atom stereocenters. The fourth-order valence-corrected chi connectivity index (χ4v) is 2.11. The first-order valence-electron chi connectivity index (χ1n) is 4.04. The van der Waals surface area contributed by atoms with Crippen molar-refractivity contribution in [1.82, 2.24) is 4.90 Å². The molecule has 0 radical (unpaired) electrons. The molecule has 0 saturated carbocycles. The maximum absolute atomic E-state index is 5.38. The lowest BCUT2D eigenvalue weighted by Crippen LogP contribution is -2.46. The van der Waals surface area contributed by atoms with E-state index in [4.69, 9.17) is 4.74 Å². The van der Waals surface area contributed by atoms with Gasteiger partial charge < -0.3 is 4.74 Å². The first-order valence-corrected chi connectivity index (χ1v) is 4.83. The van der Waals surface area contributed by atoms with Crippen LogP contribution in [-0.2, 0) is 4.74 Å². The first-order chi connectivity index (χ1) is 5.36. The fourth-order valence-electron chi connectivity index (χ4n) is 1.63. The van der Waals surface area contributed by atoms with Gasteiger partial charge in [-0.25, -0.2) is 0 Å². The van der Waals surface area contributed by atoms with Crippen LogP contribution in [0.2, 0.25) is 0 Å². The van der Waals surface area contributed by atoms with Crippen molar-refractivity contribution in [2.45, 2.75) is 12.5 Å². The Labute approximate surface area is 75.3 Å². The molecule has 0 bridgehead atoms. The van der Waals surface area contributed by atoms with Crippen LogP contribution in [0.25, 0.3) is 0 Å². The maximum atomic E-state index is 5.38. The number of halogens is 1. The van der Waals surface area contributed by atoms with Crippen molar-refractivity contribution in [1.29, 1.82) is 0 Å². The molecule has 1 fully saturated rings. The molecular weight excluding hydrogens is 206 g/mol. The predicted octanol–water partition coefficient (Wildman–Crippen LogP) is 1.37. The molecule has 2 aliphatic rings. The van der Waals surface area contributed by atoms with Gasteiger partial charge in [0.2, 0.25) is 0 Å². The molecule has 0 aromatic carbocycles. The summed E-state index contributed by atoms with van der Waals surface area (Å²) >= 11 is 3.53. The molecule has 2 nitrogen and oxygen atoms in total. The zero-order valence-electron chi connectivity index (χ0n) is 6.42. The summed E-state index contributed by atoms with van der Waals surface area (Å²) in [7, 11) is 0. The van der Waals surface area contributed by atoms with Gasteiger partial charge in [0.15, 0.2) is 0 Å². The van der Waals surface area contributed by atoms with Crippen molar-refractivity contribution in [3.63, 3.8) is 0 Å². The molecule has 0 amide bonds. The van der Waals surface area contributed by atoms with Gasteiger partial charge in [-0.15, -0.1) is 0 Å². The topological polar surface area (TPSA) is 12.5 Å². The van der Waals surface area contributed by atoms with Crippen LogP contribution >= 0.6 is 15.9 Å². The summed E-state index contributed by atoms with van der Waals surface area (Å²) in [6, 6.07) is 0.534. The van der Waals surface area contributed by atoms with Crippen molar-refractivity contribution in [2.24, 2.45) is 0 Å². The minimum absolute atomic E-state index is 0.534. The molecule has 3 heteroatoms. The summed E-state index contributed by atoms with van der Waals surface area (Å²) in [6.45, 7) is 4.06. The molecule has 2 aliphatic heterocycles. The second kappa shape index (κ2) is 3.25. The van der Waals surface area contributed by atoms with E-state index < -0.39 is 0 Å². The molecular formula is C8H12BrNO. The van der Waals surface area contributed by atoms with E-state index >= 15 is 0 Å². The van der Waals surface area contributed by atoms with Gasteiger partial charge in [-0.05, 0) is 10.9 Å². The summed E-state index contributed by atoms with van der Waals surface area (Å²) in [5, 5.41) is 0. The lowest BCUT2D eigenvalue weighted by atomic mass is 10.1. The minimum atomic E-state index is 0.534. The SMILES string of the molecule is BrC1=C[C@@H]2COCCN2CC1. The second-order valence-electron chi connectivity index (χ2n) is 3.04. The van der Waals surface area contributed by atoms with Crippen molar-refractivity contribution >= 4 is 15.9 Å². The Bertz CT molecular complexity index is 181. The van der Waals surface area contributed by atoms with Crippen molar-refractivity contribution < 1.29 is 4.74 Å². The van der Waals surface area contributed by atoms with Crippen LogP contribution in [0.5, 0.6) is 0 Å². The van der Waals surface area contributed by atoms with Gasteiger partial charge in [-0.2, -0.15) is 0 Å². The Morgan fingerprint density at radius 2 is 2.45 bits per heavy atom. The molecule has 2 heterocycles. The lowest BCUT2D eigenvalue weighted by Gasteiger charge is -2.36. The lowest BCUT2D eigenvalue weighted by molar-refractivity contribution is 0.00765. The summed E-state index contributed by atoms with van der Waals surface area (Å²) in [4.78, 5) is 2.48. The average Bonchev–Trinajstić information content (AvgIpc) is 2.04. The molecule has 62 valence electrons. The summed E-state index contributed by atoms with van der Waals surface area (Å²) < 4.78 is 6.72. The van der Waals surface area contributed by atoms with Gasteiger partial charge in [0.1, 0.15) is 0 Å². The van der Waals surface area contributed by atoms with E-state index in [9.17, 15) is 0 Å². The van der Waals surface area contributed by atoms with E-state index in [2.05, 4.69) is 26.9 Å². The predicted molar refractivity (Wildman–Crippen MR) is 47.8 cm³/mol. The number of hydrogen-bond donors (Lipinski definition) is 0. The normalized spacial score (nSPS) is 32.8. The van der Waals surface area contributed by atoms with Crippen LogP contribution in [0.15, 0.2) is 10.6 Å². The smallest absolute Gasteiger partial charge is 0.0658 e. The van der Waals surface area contributed by atoms with Crippen LogP contribution < -0.4 is 0 Å². The molecule has 0 N–H and O–H groups in total. The number of hydrogen-bond acceptors (Lipinski definition) is 2. The second-order valence-corrected chi connectivity index (χ2v) is 4.06. The van der Waals surface area contributed by atoms with Gasteiger partial charge in [0.05, 0.1) is 19.3 Å². The Morgan fingerprint density at radius 3 is 3.36 bits per heavy atom. The largest absolute Gasteiger partial charge is 0.378 e. The van der Waals surface area contributed by atoms with Crippen LogP contribution in [0.4, 0.5) is 0 Å². The van der Waals surface area contributed by atoms with Crippen molar-refractivity contribution in [2.75, 3.05) is 26.3 Å². The Morgan fingerprint density at radius 1 is 1.55 bits per heavy atom. The molecule has 1 atom stereocenters. The monoisotopic (exact) mass is 217 g/mol. The average molecular weight is 218 g/mol. The Kier molecular flexibility index (Phi) is 2.30. The van der Waals surface area contributed by atoms with E-state index in [0.717, 1.165) is 26.2 Å². The van der Waals surface area contributed by atoms with E-state index in [1.54, 1.807) is 0 Å². The Balaban J connectivity index is 2.07. The standard InChI is InChI=1S/C8H12BrNO/c9-7-1-2-10-3-4-11-6-8(10)5-7/h5,8H,1-4,6H2/t8-/m1/s1. The van der Waals surface area contributed by atoms with E-state index in [0.29, 0.717) is 6.04 Å². The highest BCUT2D eigenvalue weighted by Crippen LogP contribution is 2.22. The van der Waals surface area contributed by atoms with Crippen LogP contribution in [0, 0.1) is 0 Å². The molecule has 0 aliphatic carbocycles. The summed E-state index contributed by atoms with van der Waals surface area (Å²) in [5.74, 6) is 0. The first kappa shape index (κ1) is 7.77. The quantitative estimate of drug-likeness (QED) is 0.608. The fraction of sp³-hybridized carbons (Fsp3) is 0.750. The van der Waals surface area contributed by atoms with Gasteiger partial charge in [-0.3, -0.25) is 4.90 Å². The zero-order chi connectivity index (χ0) is 7.68. The van der Waals surface area contributed by atoms with E-state index in [1.807, 2.05) is 0 Å². The van der Waals surface area contributed by atoms with Gasteiger partial charge >= 0.3 is 0 Å².